The zero-order valence-corrected chi connectivity index (χ0v) is 76.8. The van der Waals surface area contributed by atoms with Gasteiger partial charge in [0.05, 0.1) is 24.9 Å². The minimum absolute atomic E-state index is 0.280. The van der Waals surface area contributed by atoms with Gasteiger partial charge in [-0.25, -0.2) is 19.3 Å². The molecule has 0 saturated carbocycles. The van der Waals surface area contributed by atoms with E-state index in [0.29, 0.717) is 35.0 Å². The van der Waals surface area contributed by atoms with Crippen LogP contribution >= 0.6 is 0 Å². The van der Waals surface area contributed by atoms with Crippen molar-refractivity contribution in [2.45, 2.75) is 55.4 Å². The Morgan fingerprint density at radius 3 is 0.847 bits per heavy atom. The number of rotatable bonds is 14. The maximum absolute atomic E-state index is 13.6. The van der Waals surface area contributed by atoms with E-state index >= 15 is 0 Å². The Kier molecular flexibility index (Phi) is 20.4. The van der Waals surface area contributed by atoms with Gasteiger partial charge in [-0.05, 0) is 337 Å². The Morgan fingerprint density at radius 1 is 0.204 bits per heavy atom. The molecule has 9 heteroatoms. The Bertz CT molecular complexity index is 9000. The number of hydrogen-bond acceptors (Lipinski definition) is 8. The molecule has 0 spiro atoms. The quantitative estimate of drug-likeness (QED) is 0.0992. The maximum Gasteiger partial charge on any atom is 0.227 e. The molecular weight excluding hydrogens is 1680 g/mol. The number of oxazole rings is 3. The second-order valence-corrected chi connectivity index (χ2v) is 36.4. The van der Waals surface area contributed by atoms with Crippen LogP contribution in [0.1, 0.15) is 44.5 Å². The molecule has 8 nitrogen and oxygen atoms in total. The predicted molar refractivity (Wildman–Crippen MR) is 565 cm³/mol. The van der Waals surface area contributed by atoms with Crippen molar-refractivity contribution in [3.05, 3.63) is 445 Å². The minimum atomic E-state index is -0.280. The molecule has 26 rings (SSSR count). The Morgan fingerprint density at radius 2 is 0.482 bits per heavy atom. The molecule has 0 saturated heterocycles. The van der Waals surface area contributed by atoms with Gasteiger partial charge >= 0.3 is 0 Å². The van der Waals surface area contributed by atoms with Crippen LogP contribution in [0.5, 0.6) is 0 Å². The highest BCUT2D eigenvalue weighted by molar-refractivity contribution is 6.35. The van der Waals surface area contributed by atoms with Crippen molar-refractivity contribution in [2.75, 3.05) is 0 Å². The number of hydrogen-bond donors (Lipinski definition) is 0. The molecule has 21 aromatic carbocycles. The third-order valence-electron chi connectivity index (χ3n) is 27.8. The van der Waals surface area contributed by atoms with E-state index in [2.05, 4.69) is 370 Å². The summed E-state index contributed by atoms with van der Waals surface area (Å²) in [5.41, 5.74) is 33.8. The molecule has 0 unspecified atom stereocenters. The normalized spacial score (nSPS) is 11.7. The molecule has 26 aromatic rings. The fourth-order valence-corrected chi connectivity index (χ4v) is 20.7. The van der Waals surface area contributed by atoms with Crippen LogP contribution in [0.15, 0.2) is 413 Å². The molecule has 0 aliphatic rings. The summed E-state index contributed by atoms with van der Waals surface area (Å²) in [6, 6.07) is 127. The summed E-state index contributed by atoms with van der Waals surface area (Å²) in [6.45, 7) is 17.2. The zero-order valence-electron chi connectivity index (χ0n) is 76.8. The largest absolute Gasteiger partial charge is 0.461 e. The first-order valence-electron chi connectivity index (χ1n) is 46.6. The van der Waals surface area contributed by atoms with Crippen LogP contribution in [0.3, 0.4) is 0 Å². The lowest BCUT2D eigenvalue weighted by Gasteiger charge is -2.22. The van der Waals surface area contributed by atoms with Crippen molar-refractivity contribution in [1.29, 1.82) is 0 Å². The van der Waals surface area contributed by atoms with Gasteiger partial charge in [-0.15, -0.1) is 0 Å². The summed E-state index contributed by atoms with van der Waals surface area (Å²) in [4.78, 5) is 18.6. The molecular formula is C128H89FN4O4. The van der Waals surface area contributed by atoms with Crippen molar-refractivity contribution in [2.24, 2.45) is 0 Å². The van der Waals surface area contributed by atoms with Gasteiger partial charge in [-0.2, -0.15) is 0 Å². The fourth-order valence-electron chi connectivity index (χ4n) is 20.7. The summed E-state index contributed by atoms with van der Waals surface area (Å²) in [5.74, 6) is 4.03. The van der Waals surface area contributed by atoms with Crippen molar-refractivity contribution in [1.82, 2.24) is 19.9 Å². The van der Waals surface area contributed by atoms with E-state index in [1.54, 1.807) is 43.2 Å². The van der Waals surface area contributed by atoms with Gasteiger partial charge in [-0.3, -0.25) is 4.98 Å². The van der Waals surface area contributed by atoms with Gasteiger partial charge in [0.15, 0.2) is 23.0 Å². The number of benzene rings is 21. The third-order valence-corrected chi connectivity index (χ3v) is 27.8. The average Bonchev–Trinajstić information content (AvgIpc) is 1.49. The molecule has 137 heavy (non-hydrogen) atoms. The van der Waals surface area contributed by atoms with Crippen LogP contribution in [0.25, 0.3) is 254 Å². The smallest absolute Gasteiger partial charge is 0.227 e. The van der Waals surface area contributed by atoms with Crippen molar-refractivity contribution in [3.63, 3.8) is 0 Å². The topological polar surface area (TPSA) is 104 Å². The monoisotopic (exact) mass is 1760 g/mol. The highest BCUT2D eigenvalue weighted by atomic mass is 19.1. The first-order valence-corrected chi connectivity index (χ1v) is 46.6. The Balaban J connectivity index is 0.000000112. The molecule has 0 fully saturated rings. The number of furan rings is 1. The lowest BCUT2D eigenvalue weighted by molar-refractivity contribution is 0.529. The summed E-state index contributed by atoms with van der Waals surface area (Å²) in [5, 5.41) is 21.7. The van der Waals surface area contributed by atoms with Crippen molar-refractivity contribution in [3.8, 4) is 158 Å². The summed E-state index contributed by atoms with van der Waals surface area (Å²) >= 11 is 0. The number of aryl methyl sites for hydroxylation is 8. The molecule has 0 radical (unpaired) electrons. The second-order valence-electron chi connectivity index (χ2n) is 36.4. The van der Waals surface area contributed by atoms with Crippen LogP contribution in [0, 0.1) is 61.2 Å². The van der Waals surface area contributed by atoms with E-state index in [1.165, 1.54) is 204 Å². The summed E-state index contributed by atoms with van der Waals surface area (Å²) < 4.78 is 38.6. The van der Waals surface area contributed by atoms with Gasteiger partial charge in [0.25, 0.3) is 0 Å². The standard InChI is InChI=1S/C45H32N2O.C44H31NO2.C39H26FNO/c1-27-4-10-30(11-5-27)38-24-39(31-12-6-28(2)7-13-31)35-18-19-37-41(45-47-26-42(48-45)33-20-22-46-23-21-33)25-40(32-14-8-29(3)9-15-32)36-17-16-34(38)43(35)44(36)37;1-26-11-4-7-14-29(26)36-23-37(30-15-8-5-12-27(30)2)33-20-21-35-39(44-45-25-41(47-44)40-17-10-22-46-40)24-38(31-16-9-6-13-28(31)3)34-19-18-32(36)42(33)43(34)35;1-23-3-7-25(8-4-23)30-17-13-28-14-18-32-34(26-9-5-24(2)6-10-26)21-35(33-20-19-31(30)37(28)38(32)33)39-41-22-36(42-39)27-11-15-29(40)16-12-27/h4-26H,1-3H3;4-25H,1-3H3;3-22H,1-2H3. The molecule has 5 aromatic heterocycles. The van der Waals surface area contributed by atoms with Gasteiger partial charge in [0.1, 0.15) is 5.82 Å². The fraction of sp³-hybridized carbons (Fsp3) is 0.0625. The Hall–Kier alpha value is -17.3. The van der Waals surface area contributed by atoms with Crippen molar-refractivity contribution < 1.29 is 22.1 Å². The van der Waals surface area contributed by atoms with Gasteiger partial charge in [-0.1, -0.05) is 307 Å². The van der Waals surface area contributed by atoms with E-state index in [1.807, 2.05) is 30.5 Å². The number of pyridine rings is 1. The molecule has 0 aliphatic carbocycles. The van der Waals surface area contributed by atoms with E-state index < -0.39 is 0 Å². The molecule has 0 amide bonds. The average molecular weight is 1770 g/mol. The second kappa shape index (κ2) is 33.8. The van der Waals surface area contributed by atoms with Gasteiger partial charge < -0.3 is 17.7 Å². The summed E-state index contributed by atoms with van der Waals surface area (Å²) in [6.07, 6.45) is 10.5. The predicted octanol–water partition coefficient (Wildman–Crippen LogP) is 35.6. The first-order chi connectivity index (χ1) is 67.1. The van der Waals surface area contributed by atoms with Crippen molar-refractivity contribution >= 4 is 97.0 Å². The molecule has 0 aliphatic heterocycles. The van der Waals surface area contributed by atoms with E-state index in [0.717, 1.165) is 72.0 Å². The van der Waals surface area contributed by atoms with E-state index in [9.17, 15) is 4.39 Å². The van der Waals surface area contributed by atoms with Crippen LogP contribution in [0.4, 0.5) is 4.39 Å². The minimum Gasteiger partial charge on any atom is -0.461 e. The van der Waals surface area contributed by atoms with E-state index in [-0.39, 0.29) is 5.82 Å². The molecule has 652 valence electrons. The molecule has 0 atom stereocenters. The van der Waals surface area contributed by atoms with E-state index in [4.69, 9.17) is 32.6 Å². The van der Waals surface area contributed by atoms with Gasteiger partial charge in [0.2, 0.25) is 17.7 Å². The lowest BCUT2D eigenvalue weighted by Crippen LogP contribution is -1.96. The van der Waals surface area contributed by atoms with Crippen LogP contribution in [0.2, 0.25) is 0 Å². The highest BCUT2D eigenvalue weighted by Crippen LogP contribution is 2.54. The summed E-state index contributed by atoms with van der Waals surface area (Å²) in [7, 11) is 0. The highest BCUT2D eigenvalue weighted by Gasteiger charge is 2.29. The Labute approximate surface area is 792 Å². The first kappa shape index (κ1) is 82.9. The van der Waals surface area contributed by atoms with Gasteiger partial charge in [0, 0.05) is 40.2 Å². The molecule has 0 N–H and O–H groups in total. The zero-order chi connectivity index (χ0) is 92.4. The van der Waals surface area contributed by atoms with Crippen LogP contribution < -0.4 is 0 Å². The number of aromatic nitrogens is 4. The molecule has 0 bridgehead atoms. The SMILES string of the molecule is Cc1ccc(-c2cc(-c3ccc(C)cc3)c3ccc4c(-c5ncc(-c6ccncc6)o5)cc(-c5ccc(C)cc5)c5ccc2c3c54)cc1.Cc1ccc(-c2ccc3ccc4c(-c5ccc(C)cc5)cc(-c5ncc(-c6ccc(F)cc6)o5)c5ccc2c3c45)cc1.Cc1ccccc1-c1cc(-c2ncc(-c3ccco3)o2)c2ccc3c(-c4ccccc4C)cc(-c4ccccc4C)c4ccc1c2c34. The number of halogens is 1. The lowest BCUT2D eigenvalue weighted by atomic mass is 9.81. The van der Waals surface area contributed by atoms with Crippen LogP contribution in [-0.4, -0.2) is 19.9 Å². The van der Waals surface area contributed by atoms with Crippen LogP contribution in [-0.2, 0) is 0 Å². The molecule has 5 heterocycles. The maximum atomic E-state index is 13.6. The third kappa shape index (κ3) is 14.6. The number of nitrogens with zero attached hydrogens (tertiary/aromatic N) is 4.